The van der Waals surface area contributed by atoms with Crippen molar-refractivity contribution in [2.45, 2.75) is 91.4 Å². The van der Waals surface area contributed by atoms with Gasteiger partial charge in [-0.1, -0.05) is 65.2 Å². The maximum Gasteiger partial charge on any atom is 1.00 e. The van der Waals surface area contributed by atoms with E-state index in [4.69, 9.17) is 14.8 Å². The van der Waals surface area contributed by atoms with Gasteiger partial charge in [0.15, 0.2) is 0 Å². The molecule has 0 bridgehead atoms. The summed E-state index contributed by atoms with van der Waals surface area (Å²) in [5.41, 5.74) is 0. The first-order valence-electron chi connectivity index (χ1n) is 9.02. The maximum atomic E-state index is 10.1. The molecule has 8 heteroatoms. The normalized spacial score (nSPS) is 9.80. The van der Waals surface area contributed by atoms with E-state index in [2.05, 4.69) is 13.8 Å². The summed E-state index contributed by atoms with van der Waals surface area (Å²) >= 11 is 0. The van der Waals surface area contributed by atoms with Crippen LogP contribution < -0.4 is 29.6 Å². The standard InChI is InChI=1S/C10H20O2.C5H12O.C2H6O3S.Na.H/c1-2-3-4-5-6-7-8-9-10(11)12;1-2-3-4-5-6;1-2-6(3,4)5;;/h2-9H2,1H3,(H,11,12);6H,2-5H2,1H3;2H2,1H3,(H,3,4,5);;/q;;;+1;-1. The molecule has 0 radical (unpaired) electrons. The second kappa shape index (κ2) is 26.6. The molecule has 0 aromatic carbocycles. The van der Waals surface area contributed by atoms with E-state index in [1.165, 1.54) is 45.4 Å². The van der Waals surface area contributed by atoms with E-state index in [9.17, 15) is 13.2 Å². The summed E-state index contributed by atoms with van der Waals surface area (Å²) in [6, 6.07) is 0. The smallest absolute Gasteiger partial charge is 1.00 e. The van der Waals surface area contributed by atoms with Crippen LogP contribution in [0.5, 0.6) is 0 Å². The van der Waals surface area contributed by atoms with Crippen LogP contribution in [0.1, 0.15) is 92.8 Å². The van der Waals surface area contributed by atoms with Gasteiger partial charge in [-0.25, -0.2) is 0 Å². The van der Waals surface area contributed by atoms with Gasteiger partial charge in [-0.15, -0.1) is 0 Å². The number of rotatable bonds is 12. The number of unbranched alkanes of at least 4 members (excludes halogenated alkanes) is 8. The third-order valence-corrected chi connectivity index (χ3v) is 3.85. The quantitative estimate of drug-likeness (QED) is 0.262. The van der Waals surface area contributed by atoms with Gasteiger partial charge in [-0.05, 0) is 19.8 Å². The summed E-state index contributed by atoms with van der Waals surface area (Å²) in [5, 5.41) is 16.6. The molecule has 0 rings (SSSR count). The van der Waals surface area contributed by atoms with Gasteiger partial charge >= 0.3 is 35.5 Å². The van der Waals surface area contributed by atoms with E-state index in [0.717, 1.165) is 25.7 Å². The Hall–Kier alpha value is 0.340. The van der Waals surface area contributed by atoms with E-state index in [-0.39, 0.29) is 36.7 Å². The van der Waals surface area contributed by atoms with E-state index in [1.54, 1.807) is 0 Å². The molecule has 0 aromatic rings. The van der Waals surface area contributed by atoms with Gasteiger partial charge in [-0.3, -0.25) is 9.35 Å². The average molecular weight is 395 g/mol. The second-order valence-electron chi connectivity index (χ2n) is 5.57. The summed E-state index contributed by atoms with van der Waals surface area (Å²) in [6.07, 6.45) is 12.0. The zero-order valence-electron chi connectivity index (χ0n) is 17.7. The van der Waals surface area contributed by atoms with E-state index in [1.807, 2.05) is 0 Å². The second-order valence-corrected chi connectivity index (χ2v) is 7.31. The van der Waals surface area contributed by atoms with Crippen molar-refractivity contribution >= 4 is 16.1 Å². The molecule has 0 aliphatic rings. The van der Waals surface area contributed by atoms with Crippen LogP contribution in [0, 0.1) is 0 Å². The van der Waals surface area contributed by atoms with Gasteiger partial charge in [-0.2, -0.15) is 8.42 Å². The fourth-order valence-electron chi connectivity index (χ4n) is 1.60. The number of carbonyl (C=O) groups is 1. The molecule has 0 unspecified atom stereocenters. The summed E-state index contributed by atoms with van der Waals surface area (Å²) in [4.78, 5) is 10.1. The number of carboxylic acid groups (broad SMARTS) is 1. The van der Waals surface area contributed by atoms with Crippen molar-refractivity contribution in [1.29, 1.82) is 0 Å². The van der Waals surface area contributed by atoms with Crippen LogP contribution >= 0.6 is 0 Å². The Kier molecular flexibility index (Phi) is 35.0. The van der Waals surface area contributed by atoms with Crippen molar-refractivity contribution in [3.8, 4) is 0 Å². The molecule has 3 N–H and O–H groups in total. The number of aliphatic carboxylic acids is 1. The van der Waals surface area contributed by atoms with Gasteiger partial charge in [0.25, 0.3) is 10.1 Å². The molecule has 0 fully saturated rings. The van der Waals surface area contributed by atoms with Crippen LogP contribution in [0.25, 0.3) is 0 Å². The number of hydrogen-bond donors (Lipinski definition) is 3. The Morgan fingerprint density at radius 2 is 1.20 bits per heavy atom. The zero-order valence-corrected chi connectivity index (χ0v) is 19.5. The molecule has 0 atom stereocenters. The minimum Gasteiger partial charge on any atom is -1.00 e. The Morgan fingerprint density at radius 3 is 1.48 bits per heavy atom. The molecule has 6 nitrogen and oxygen atoms in total. The summed E-state index contributed by atoms with van der Waals surface area (Å²) in [7, 11) is -3.66. The SMILES string of the molecule is CCCCCCCCCC(=O)O.CCCCCO.CCS(=O)(=O)O.[H-].[Na+]. The molecule has 0 aromatic heterocycles. The Bertz CT molecular complexity index is 349. The Labute approximate surface area is 178 Å². The first kappa shape index (κ1) is 33.0. The molecule has 0 amide bonds. The Balaban J connectivity index is -0.0000000900. The summed E-state index contributed by atoms with van der Waals surface area (Å²) < 4.78 is 26.9. The van der Waals surface area contributed by atoms with Crippen LogP contribution in [0.3, 0.4) is 0 Å². The Morgan fingerprint density at radius 1 is 0.840 bits per heavy atom. The monoisotopic (exact) mass is 394 g/mol. The van der Waals surface area contributed by atoms with Crippen molar-refractivity contribution < 1.29 is 59.0 Å². The van der Waals surface area contributed by atoms with Gasteiger partial charge < -0.3 is 11.6 Å². The fourth-order valence-corrected chi connectivity index (χ4v) is 1.60. The number of aliphatic hydroxyl groups is 1. The van der Waals surface area contributed by atoms with Crippen LogP contribution in [0.15, 0.2) is 0 Å². The topological polar surface area (TPSA) is 112 Å². The van der Waals surface area contributed by atoms with Gasteiger partial charge in [0, 0.05) is 13.0 Å². The number of carboxylic acids is 1. The molecule has 0 aliphatic heterocycles. The van der Waals surface area contributed by atoms with E-state index < -0.39 is 16.1 Å². The maximum absolute atomic E-state index is 10.1. The molecular weight excluding hydrogens is 355 g/mol. The molecule has 25 heavy (non-hydrogen) atoms. The first-order chi connectivity index (χ1) is 11.2. The number of aliphatic hydroxyl groups excluding tert-OH is 1. The third-order valence-electron chi connectivity index (χ3n) is 3.12. The van der Waals surface area contributed by atoms with Crippen LogP contribution in [-0.4, -0.2) is 41.5 Å². The number of hydrogen-bond acceptors (Lipinski definition) is 4. The van der Waals surface area contributed by atoms with Crippen LogP contribution in [-0.2, 0) is 14.9 Å². The van der Waals surface area contributed by atoms with Crippen LogP contribution in [0.2, 0.25) is 0 Å². The largest absolute Gasteiger partial charge is 1.00 e. The zero-order chi connectivity index (χ0) is 19.3. The molecule has 0 saturated heterocycles. The van der Waals surface area contributed by atoms with Crippen molar-refractivity contribution in [2.75, 3.05) is 12.4 Å². The predicted octanol–water partition coefficient (Wildman–Crippen LogP) is 1.39. The van der Waals surface area contributed by atoms with Crippen molar-refractivity contribution in [3.63, 3.8) is 0 Å². The average Bonchev–Trinajstić information content (AvgIpc) is 2.52. The van der Waals surface area contributed by atoms with Gasteiger partial charge in [0.1, 0.15) is 0 Å². The third kappa shape index (κ3) is 51.6. The molecule has 0 heterocycles. The predicted molar refractivity (Wildman–Crippen MR) is 100 cm³/mol. The fraction of sp³-hybridized carbons (Fsp3) is 0.941. The first-order valence-corrected chi connectivity index (χ1v) is 10.6. The van der Waals surface area contributed by atoms with Gasteiger partial charge in [0.2, 0.25) is 0 Å². The van der Waals surface area contributed by atoms with Crippen molar-refractivity contribution in [1.82, 2.24) is 0 Å². The molecular formula is C17H39NaO6S. The van der Waals surface area contributed by atoms with Gasteiger partial charge in [0.05, 0.1) is 5.75 Å². The molecule has 150 valence electrons. The summed E-state index contributed by atoms with van der Waals surface area (Å²) in [5.74, 6) is -0.865. The minimum absolute atomic E-state index is 0. The van der Waals surface area contributed by atoms with Crippen LogP contribution in [0.4, 0.5) is 0 Å². The molecule has 0 saturated carbocycles. The molecule has 0 spiro atoms. The molecule has 0 aliphatic carbocycles. The van der Waals surface area contributed by atoms with Crippen molar-refractivity contribution in [2.24, 2.45) is 0 Å². The van der Waals surface area contributed by atoms with Crippen molar-refractivity contribution in [3.05, 3.63) is 0 Å². The van der Waals surface area contributed by atoms with E-state index in [0.29, 0.717) is 13.0 Å². The minimum atomic E-state index is -3.66. The van der Waals surface area contributed by atoms with E-state index >= 15 is 0 Å². The summed E-state index contributed by atoms with van der Waals surface area (Å²) in [6.45, 7) is 6.04.